The minimum absolute atomic E-state index is 0.228. The van der Waals surface area contributed by atoms with Crippen molar-refractivity contribution >= 4 is 5.69 Å². The summed E-state index contributed by atoms with van der Waals surface area (Å²) in [5, 5.41) is 3.19. The largest absolute Gasteiger partial charge is 0.497 e. The molecule has 1 N–H and O–H groups in total. The Morgan fingerprint density at radius 2 is 2.06 bits per heavy atom. The quantitative estimate of drug-likeness (QED) is 0.810. The van der Waals surface area contributed by atoms with E-state index in [4.69, 9.17) is 9.47 Å². The molecular weight excluding hydrogens is 209 g/mol. The van der Waals surface area contributed by atoms with Gasteiger partial charge in [0.1, 0.15) is 11.6 Å². The van der Waals surface area contributed by atoms with E-state index < -0.39 is 0 Å². The summed E-state index contributed by atoms with van der Waals surface area (Å²) in [6.07, 6.45) is 0.870. The lowest BCUT2D eigenvalue weighted by molar-refractivity contribution is 0.191. The summed E-state index contributed by atoms with van der Waals surface area (Å²) < 4.78 is 23.1. The number of hydrogen-bond acceptors (Lipinski definition) is 3. The van der Waals surface area contributed by atoms with Gasteiger partial charge in [0.2, 0.25) is 0 Å². The van der Waals surface area contributed by atoms with Crippen LogP contribution in [0, 0.1) is 5.82 Å². The molecule has 1 atom stereocenters. The number of ether oxygens (including phenoxy) is 2. The van der Waals surface area contributed by atoms with Gasteiger partial charge in [-0.3, -0.25) is 0 Å². The van der Waals surface area contributed by atoms with Gasteiger partial charge in [-0.15, -0.1) is 0 Å². The summed E-state index contributed by atoms with van der Waals surface area (Å²) in [4.78, 5) is 0. The molecule has 0 aromatic heterocycles. The maximum absolute atomic E-state index is 13.2. The SMILES string of the molecule is COCCC(C)Nc1cc(F)cc(OC)c1. The number of rotatable bonds is 6. The van der Waals surface area contributed by atoms with Crippen LogP contribution in [0.1, 0.15) is 13.3 Å². The highest BCUT2D eigenvalue weighted by Gasteiger charge is 2.05. The first-order valence-electron chi connectivity index (χ1n) is 5.25. The van der Waals surface area contributed by atoms with Crippen LogP contribution in [0.25, 0.3) is 0 Å². The van der Waals surface area contributed by atoms with Gasteiger partial charge in [0, 0.05) is 37.6 Å². The van der Waals surface area contributed by atoms with E-state index in [1.165, 1.54) is 19.2 Å². The van der Waals surface area contributed by atoms with Crippen molar-refractivity contribution in [2.24, 2.45) is 0 Å². The third kappa shape index (κ3) is 4.06. The lowest BCUT2D eigenvalue weighted by Gasteiger charge is -2.15. The van der Waals surface area contributed by atoms with Crippen LogP contribution in [0.15, 0.2) is 18.2 Å². The number of anilines is 1. The molecule has 0 radical (unpaired) electrons. The van der Waals surface area contributed by atoms with Crippen LogP contribution in [-0.4, -0.2) is 26.9 Å². The Balaban J connectivity index is 2.61. The zero-order valence-electron chi connectivity index (χ0n) is 9.92. The molecule has 1 rings (SSSR count). The van der Waals surface area contributed by atoms with Crippen LogP contribution in [0.4, 0.5) is 10.1 Å². The number of nitrogens with one attached hydrogen (secondary N) is 1. The van der Waals surface area contributed by atoms with Crippen molar-refractivity contribution in [2.75, 3.05) is 26.1 Å². The van der Waals surface area contributed by atoms with E-state index in [2.05, 4.69) is 5.32 Å². The van der Waals surface area contributed by atoms with E-state index in [1.54, 1.807) is 13.2 Å². The maximum Gasteiger partial charge on any atom is 0.128 e. The standard InChI is InChI=1S/C12H18FNO2/c1-9(4-5-15-2)14-11-6-10(13)7-12(8-11)16-3/h6-9,14H,4-5H2,1-3H3. The van der Waals surface area contributed by atoms with Crippen LogP contribution >= 0.6 is 0 Å². The predicted octanol–water partition coefficient (Wildman–Crippen LogP) is 2.67. The van der Waals surface area contributed by atoms with Crippen LogP contribution in [0.5, 0.6) is 5.75 Å². The van der Waals surface area contributed by atoms with E-state index >= 15 is 0 Å². The molecule has 4 heteroatoms. The lowest BCUT2D eigenvalue weighted by atomic mass is 10.2. The maximum atomic E-state index is 13.2. The molecule has 1 aromatic carbocycles. The lowest BCUT2D eigenvalue weighted by Crippen LogP contribution is -2.17. The minimum atomic E-state index is -0.305. The summed E-state index contributed by atoms with van der Waals surface area (Å²) in [5.41, 5.74) is 0.723. The van der Waals surface area contributed by atoms with Gasteiger partial charge in [-0.1, -0.05) is 0 Å². The minimum Gasteiger partial charge on any atom is -0.497 e. The molecule has 1 aromatic rings. The predicted molar refractivity (Wildman–Crippen MR) is 62.5 cm³/mol. The fraction of sp³-hybridized carbons (Fsp3) is 0.500. The van der Waals surface area contributed by atoms with Crippen molar-refractivity contribution in [3.63, 3.8) is 0 Å². The smallest absolute Gasteiger partial charge is 0.128 e. The van der Waals surface area contributed by atoms with E-state index in [-0.39, 0.29) is 11.9 Å². The molecule has 0 aliphatic rings. The highest BCUT2D eigenvalue weighted by atomic mass is 19.1. The Morgan fingerprint density at radius 3 is 2.69 bits per heavy atom. The van der Waals surface area contributed by atoms with Gasteiger partial charge in [-0.25, -0.2) is 4.39 Å². The Kier molecular flexibility index (Phi) is 5.05. The van der Waals surface area contributed by atoms with Gasteiger partial charge in [0.25, 0.3) is 0 Å². The Morgan fingerprint density at radius 1 is 1.31 bits per heavy atom. The normalized spacial score (nSPS) is 12.2. The Hall–Kier alpha value is -1.29. The molecule has 3 nitrogen and oxygen atoms in total. The average molecular weight is 227 g/mol. The van der Waals surface area contributed by atoms with Gasteiger partial charge in [0.15, 0.2) is 0 Å². The molecule has 0 aliphatic heterocycles. The fourth-order valence-electron chi connectivity index (χ4n) is 1.42. The molecule has 0 bridgehead atoms. The second kappa shape index (κ2) is 6.33. The molecule has 16 heavy (non-hydrogen) atoms. The van der Waals surface area contributed by atoms with E-state index in [0.717, 1.165) is 12.1 Å². The topological polar surface area (TPSA) is 30.5 Å². The fourth-order valence-corrected chi connectivity index (χ4v) is 1.42. The number of halogens is 1. The van der Waals surface area contributed by atoms with Crippen LogP contribution < -0.4 is 10.1 Å². The van der Waals surface area contributed by atoms with Crippen LogP contribution in [0.3, 0.4) is 0 Å². The van der Waals surface area contributed by atoms with Crippen molar-refractivity contribution in [1.29, 1.82) is 0 Å². The van der Waals surface area contributed by atoms with Gasteiger partial charge in [-0.05, 0) is 19.4 Å². The van der Waals surface area contributed by atoms with Gasteiger partial charge in [0.05, 0.1) is 7.11 Å². The van der Waals surface area contributed by atoms with Crippen molar-refractivity contribution in [1.82, 2.24) is 0 Å². The number of benzene rings is 1. The van der Waals surface area contributed by atoms with Gasteiger partial charge >= 0.3 is 0 Å². The summed E-state index contributed by atoms with van der Waals surface area (Å²) >= 11 is 0. The third-order valence-corrected chi connectivity index (χ3v) is 2.28. The molecule has 0 heterocycles. The second-order valence-electron chi connectivity index (χ2n) is 3.71. The molecule has 0 amide bonds. The first-order chi connectivity index (χ1) is 7.65. The molecule has 0 fully saturated rings. The van der Waals surface area contributed by atoms with Crippen molar-refractivity contribution in [2.45, 2.75) is 19.4 Å². The summed E-state index contributed by atoms with van der Waals surface area (Å²) in [6, 6.07) is 4.80. The average Bonchev–Trinajstić information content (AvgIpc) is 2.25. The first-order valence-corrected chi connectivity index (χ1v) is 5.25. The molecule has 0 saturated carbocycles. The third-order valence-electron chi connectivity index (χ3n) is 2.28. The Bertz CT molecular complexity index is 331. The van der Waals surface area contributed by atoms with E-state index in [0.29, 0.717) is 12.4 Å². The van der Waals surface area contributed by atoms with Crippen LogP contribution in [0.2, 0.25) is 0 Å². The monoisotopic (exact) mass is 227 g/mol. The van der Waals surface area contributed by atoms with Crippen molar-refractivity contribution in [3.05, 3.63) is 24.0 Å². The number of methoxy groups -OCH3 is 2. The highest BCUT2D eigenvalue weighted by Crippen LogP contribution is 2.20. The molecule has 0 saturated heterocycles. The molecule has 1 unspecified atom stereocenters. The second-order valence-corrected chi connectivity index (χ2v) is 3.71. The Labute approximate surface area is 95.6 Å². The molecule has 0 spiro atoms. The molecule has 90 valence electrons. The van der Waals surface area contributed by atoms with E-state index in [1.807, 2.05) is 6.92 Å². The van der Waals surface area contributed by atoms with Crippen molar-refractivity contribution in [3.8, 4) is 5.75 Å². The van der Waals surface area contributed by atoms with Gasteiger partial charge < -0.3 is 14.8 Å². The van der Waals surface area contributed by atoms with E-state index in [9.17, 15) is 4.39 Å². The van der Waals surface area contributed by atoms with Crippen LogP contribution in [-0.2, 0) is 4.74 Å². The number of hydrogen-bond donors (Lipinski definition) is 1. The summed E-state index contributed by atoms with van der Waals surface area (Å²) in [5.74, 6) is 0.210. The molecule has 0 aliphatic carbocycles. The van der Waals surface area contributed by atoms with Gasteiger partial charge in [-0.2, -0.15) is 0 Å². The first kappa shape index (κ1) is 12.8. The molecular formula is C12H18FNO2. The summed E-state index contributed by atoms with van der Waals surface area (Å²) in [7, 11) is 3.19. The van der Waals surface area contributed by atoms with Crippen molar-refractivity contribution < 1.29 is 13.9 Å². The highest BCUT2D eigenvalue weighted by molar-refractivity contribution is 5.49. The summed E-state index contributed by atoms with van der Waals surface area (Å²) in [6.45, 7) is 2.71. The zero-order chi connectivity index (χ0) is 12.0. The zero-order valence-corrected chi connectivity index (χ0v) is 9.92.